The van der Waals surface area contributed by atoms with Gasteiger partial charge < -0.3 is 19.8 Å². The number of benzene rings is 1. The Labute approximate surface area is 144 Å². The maximum Gasteiger partial charge on any atom is 0.291 e. The highest BCUT2D eigenvalue weighted by Gasteiger charge is 2.20. The highest BCUT2D eigenvalue weighted by Crippen LogP contribution is 2.27. The van der Waals surface area contributed by atoms with E-state index in [0.717, 1.165) is 12.8 Å². The molecular formula is C17H17ClN2O4. The van der Waals surface area contributed by atoms with Crippen molar-refractivity contribution >= 4 is 34.8 Å². The van der Waals surface area contributed by atoms with Crippen LogP contribution < -0.4 is 10.6 Å². The van der Waals surface area contributed by atoms with E-state index in [1.807, 2.05) is 0 Å². The molecule has 0 radical (unpaired) electrons. The van der Waals surface area contributed by atoms with Crippen molar-refractivity contribution in [2.75, 3.05) is 17.2 Å². The Balaban J connectivity index is 1.70. The number of furan rings is 1. The summed E-state index contributed by atoms with van der Waals surface area (Å²) < 4.78 is 10.5. The fourth-order valence-corrected chi connectivity index (χ4v) is 2.71. The third-order valence-electron chi connectivity index (χ3n) is 3.69. The lowest BCUT2D eigenvalue weighted by molar-refractivity contribution is -0.118. The number of rotatable bonds is 5. The van der Waals surface area contributed by atoms with Gasteiger partial charge in [-0.2, -0.15) is 0 Å². The van der Waals surface area contributed by atoms with Crippen molar-refractivity contribution in [3.8, 4) is 0 Å². The van der Waals surface area contributed by atoms with Gasteiger partial charge in [0.05, 0.1) is 30.2 Å². The van der Waals surface area contributed by atoms with Gasteiger partial charge in [-0.3, -0.25) is 9.59 Å². The molecule has 1 atom stereocenters. The summed E-state index contributed by atoms with van der Waals surface area (Å²) in [6, 6.07) is 8.04. The van der Waals surface area contributed by atoms with Crippen LogP contribution in [0.3, 0.4) is 0 Å². The minimum atomic E-state index is -0.420. The molecular weight excluding hydrogens is 332 g/mol. The highest BCUT2D eigenvalue weighted by molar-refractivity contribution is 6.31. The summed E-state index contributed by atoms with van der Waals surface area (Å²) in [6.45, 7) is 0.698. The molecule has 1 fully saturated rings. The Morgan fingerprint density at radius 2 is 2.08 bits per heavy atom. The lowest BCUT2D eigenvalue weighted by Crippen LogP contribution is -2.20. The molecule has 2 heterocycles. The van der Waals surface area contributed by atoms with Gasteiger partial charge in [0.2, 0.25) is 5.91 Å². The number of anilines is 2. The largest absolute Gasteiger partial charge is 0.459 e. The van der Waals surface area contributed by atoms with E-state index in [-0.39, 0.29) is 24.2 Å². The van der Waals surface area contributed by atoms with Gasteiger partial charge in [-0.05, 0) is 43.2 Å². The SMILES string of the molecule is O=C(C[C@@H]1CCCO1)Nc1ccc(Cl)cc1NC(=O)c1ccco1. The van der Waals surface area contributed by atoms with Crippen LogP contribution in [0.4, 0.5) is 11.4 Å². The predicted molar refractivity (Wildman–Crippen MR) is 90.3 cm³/mol. The summed E-state index contributed by atoms with van der Waals surface area (Å²) in [5.74, 6) is -0.416. The lowest BCUT2D eigenvalue weighted by atomic mass is 10.1. The molecule has 2 aromatic rings. The van der Waals surface area contributed by atoms with Crippen molar-refractivity contribution in [2.24, 2.45) is 0 Å². The fraction of sp³-hybridized carbons (Fsp3) is 0.294. The zero-order valence-corrected chi connectivity index (χ0v) is 13.6. The smallest absolute Gasteiger partial charge is 0.291 e. The van der Waals surface area contributed by atoms with Crippen molar-refractivity contribution in [2.45, 2.75) is 25.4 Å². The Morgan fingerprint density at radius 1 is 1.21 bits per heavy atom. The van der Waals surface area contributed by atoms with Gasteiger partial charge in [-0.25, -0.2) is 0 Å². The molecule has 6 nitrogen and oxygen atoms in total. The van der Waals surface area contributed by atoms with Crippen LogP contribution in [0.2, 0.25) is 5.02 Å². The maximum absolute atomic E-state index is 12.2. The Kier molecular flexibility index (Phi) is 5.17. The monoisotopic (exact) mass is 348 g/mol. The molecule has 0 aliphatic carbocycles. The van der Waals surface area contributed by atoms with Crippen LogP contribution in [0.15, 0.2) is 41.0 Å². The van der Waals surface area contributed by atoms with Crippen LogP contribution in [0.1, 0.15) is 29.8 Å². The summed E-state index contributed by atoms with van der Waals surface area (Å²) >= 11 is 5.99. The normalized spacial score (nSPS) is 16.8. The molecule has 0 saturated carbocycles. The topological polar surface area (TPSA) is 80.6 Å². The van der Waals surface area contributed by atoms with Gasteiger partial charge in [-0.1, -0.05) is 11.6 Å². The zero-order valence-electron chi connectivity index (χ0n) is 12.9. The molecule has 0 unspecified atom stereocenters. The molecule has 2 N–H and O–H groups in total. The van der Waals surface area contributed by atoms with E-state index in [0.29, 0.717) is 23.0 Å². The Bertz CT molecular complexity index is 724. The summed E-state index contributed by atoms with van der Waals surface area (Å²) in [6.07, 6.45) is 3.52. The van der Waals surface area contributed by atoms with Crippen molar-refractivity contribution in [3.05, 3.63) is 47.4 Å². The fourth-order valence-electron chi connectivity index (χ4n) is 2.53. The number of hydrogen-bond donors (Lipinski definition) is 2. The Morgan fingerprint density at radius 3 is 2.79 bits per heavy atom. The first kappa shape index (κ1) is 16.5. The third-order valence-corrected chi connectivity index (χ3v) is 3.92. The van der Waals surface area contributed by atoms with Gasteiger partial charge in [0, 0.05) is 11.6 Å². The van der Waals surface area contributed by atoms with Crippen molar-refractivity contribution in [1.82, 2.24) is 0 Å². The summed E-state index contributed by atoms with van der Waals surface area (Å²) in [5.41, 5.74) is 0.881. The number of amides is 2. The molecule has 1 aliphatic rings. The standard InChI is InChI=1S/C17H17ClN2O4/c18-11-5-6-13(19-16(21)10-12-3-1-7-23-12)14(9-11)20-17(22)15-4-2-8-24-15/h2,4-6,8-9,12H,1,3,7,10H2,(H,19,21)(H,20,22)/t12-/m0/s1. The van der Waals surface area contributed by atoms with E-state index in [4.69, 9.17) is 20.8 Å². The summed E-state index contributed by atoms with van der Waals surface area (Å²) in [4.78, 5) is 24.3. The molecule has 1 saturated heterocycles. The quantitative estimate of drug-likeness (QED) is 0.863. The second-order valence-electron chi connectivity index (χ2n) is 5.51. The molecule has 0 bridgehead atoms. The third kappa shape index (κ3) is 4.15. The van der Waals surface area contributed by atoms with Gasteiger partial charge in [0.1, 0.15) is 0 Å². The molecule has 1 aliphatic heterocycles. The number of halogens is 1. The second kappa shape index (κ2) is 7.51. The molecule has 1 aromatic carbocycles. The minimum absolute atomic E-state index is 0.0431. The highest BCUT2D eigenvalue weighted by atomic mass is 35.5. The molecule has 0 spiro atoms. The van der Waals surface area contributed by atoms with Crippen LogP contribution in [-0.2, 0) is 9.53 Å². The molecule has 7 heteroatoms. The number of hydrogen-bond acceptors (Lipinski definition) is 4. The zero-order chi connectivity index (χ0) is 16.9. The first-order chi connectivity index (χ1) is 11.6. The van der Waals surface area contributed by atoms with E-state index < -0.39 is 5.91 Å². The van der Waals surface area contributed by atoms with Crippen LogP contribution in [0, 0.1) is 0 Å². The van der Waals surface area contributed by atoms with E-state index in [1.54, 1.807) is 30.3 Å². The van der Waals surface area contributed by atoms with E-state index in [9.17, 15) is 9.59 Å². The van der Waals surface area contributed by atoms with Crippen LogP contribution >= 0.6 is 11.6 Å². The predicted octanol–water partition coefficient (Wildman–Crippen LogP) is 3.69. The Hall–Kier alpha value is -2.31. The lowest BCUT2D eigenvalue weighted by Gasteiger charge is -2.14. The first-order valence-corrected chi connectivity index (χ1v) is 8.05. The maximum atomic E-state index is 12.2. The molecule has 126 valence electrons. The van der Waals surface area contributed by atoms with Crippen LogP contribution in [-0.4, -0.2) is 24.5 Å². The van der Waals surface area contributed by atoms with Gasteiger partial charge in [0.15, 0.2) is 5.76 Å². The van der Waals surface area contributed by atoms with Gasteiger partial charge in [0.25, 0.3) is 5.91 Å². The second-order valence-corrected chi connectivity index (χ2v) is 5.95. The number of nitrogens with one attached hydrogen (secondary N) is 2. The molecule has 2 amide bonds. The van der Waals surface area contributed by atoms with E-state index in [2.05, 4.69) is 10.6 Å². The summed E-state index contributed by atoms with van der Waals surface area (Å²) in [5, 5.41) is 5.93. The molecule has 3 rings (SSSR count). The molecule has 24 heavy (non-hydrogen) atoms. The molecule has 1 aromatic heterocycles. The van der Waals surface area contributed by atoms with Crippen molar-refractivity contribution in [1.29, 1.82) is 0 Å². The van der Waals surface area contributed by atoms with Crippen molar-refractivity contribution < 1.29 is 18.7 Å². The average Bonchev–Trinajstić information content (AvgIpc) is 3.23. The number of carbonyl (C=O) groups is 2. The van der Waals surface area contributed by atoms with Crippen molar-refractivity contribution in [3.63, 3.8) is 0 Å². The van der Waals surface area contributed by atoms with E-state index in [1.165, 1.54) is 6.26 Å². The minimum Gasteiger partial charge on any atom is -0.459 e. The van der Waals surface area contributed by atoms with E-state index >= 15 is 0 Å². The first-order valence-electron chi connectivity index (χ1n) is 7.67. The number of carbonyl (C=O) groups excluding carboxylic acids is 2. The number of ether oxygens (including phenoxy) is 1. The van der Waals surface area contributed by atoms with Crippen LogP contribution in [0.25, 0.3) is 0 Å². The van der Waals surface area contributed by atoms with Gasteiger partial charge in [-0.15, -0.1) is 0 Å². The summed E-state index contributed by atoms with van der Waals surface area (Å²) in [7, 11) is 0. The van der Waals surface area contributed by atoms with Gasteiger partial charge >= 0.3 is 0 Å². The average molecular weight is 349 g/mol. The van der Waals surface area contributed by atoms with Crippen LogP contribution in [0.5, 0.6) is 0 Å².